The molecule has 0 spiro atoms. The van der Waals surface area contributed by atoms with Crippen LogP contribution in [-0.4, -0.2) is 17.2 Å². The molecule has 0 atom stereocenters. The summed E-state index contributed by atoms with van der Waals surface area (Å²) in [5, 5.41) is 0. The van der Waals surface area contributed by atoms with E-state index in [2.05, 4.69) is 18.8 Å². The van der Waals surface area contributed by atoms with Gasteiger partial charge in [-0.1, -0.05) is 57.0 Å². The van der Waals surface area contributed by atoms with E-state index in [4.69, 9.17) is 4.74 Å². The molecular weight excluding hydrogens is 290 g/mol. The highest BCUT2D eigenvalue weighted by Crippen LogP contribution is 2.23. The van der Waals surface area contributed by atoms with Gasteiger partial charge in [0.15, 0.2) is 6.29 Å². The molecule has 1 heterocycles. The lowest BCUT2D eigenvalue weighted by Crippen LogP contribution is -2.09. The Morgan fingerprint density at radius 1 is 1.09 bits per heavy atom. The highest BCUT2D eigenvalue weighted by Gasteiger charge is 2.21. The van der Waals surface area contributed by atoms with Crippen molar-refractivity contribution in [2.45, 2.75) is 46.1 Å². The molecule has 1 aromatic carbocycles. The van der Waals surface area contributed by atoms with E-state index in [1.165, 1.54) is 0 Å². The summed E-state index contributed by atoms with van der Waals surface area (Å²) in [6.45, 7) is 4.34. The van der Waals surface area contributed by atoms with Crippen LogP contribution in [0, 0.1) is 0 Å². The molecule has 0 saturated heterocycles. The van der Waals surface area contributed by atoms with E-state index in [1.807, 2.05) is 30.3 Å². The molecule has 0 saturated carbocycles. The summed E-state index contributed by atoms with van der Waals surface area (Å²) < 4.78 is 5.41. The van der Waals surface area contributed by atoms with Gasteiger partial charge in [-0.2, -0.15) is 0 Å². The number of rotatable bonds is 8. The first-order chi connectivity index (χ1) is 11.2. The third-order valence-electron chi connectivity index (χ3n) is 3.79. The van der Waals surface area contributed by atoms with E-state index >= 15 is 0 Å². The minimum absolute atomic E-state index is 0.226. The molecule has 0 fully saturated rings. The fourth-order valence-electron chi connectivity index (χ4n) is 2.73. The largest absolute Gasteiger partial charge is 0.456 e. The van der Waals surface area contributed by atoms with Gasteiger partial charge in [0.1, 0.15) is 12.3 Å². The first-order valence-corrected chi connectivity index (χ1v) is 8.11. The van der Waals surface area contributed by atoms with Gasteiger partial charge in [0, 0.05) is 0 Å². The Morgan fingerprint density at radius 2 is 1.74 bits per heavy atom. The molecule has 0 unspecified atom stereocenters. The Labute approximate surface area is 136 Å². The number of aldehydes is 1. The number of ether oxygens (including phenoxy) is 1. The average molecular weight is 313 g/mol. The van der Waals surface area contributed by atoms with Crippen LogP contribution < -0.4 is 0 Å². The molecular formula is C19H23NO3. The summed E-state index contributed by atoms with van der Waals surface area (Å²) in [6, 6.07) is 9.56. The summed E-state index contributed by atoms with van der Waals surface area (Å²) in [7, 11) is 0. The lowest BCUT2D eigenvalue weighted by atomic mass is 10.0. The second kappa shape index (κ2) is 8.32. The van der Waals surface area contributed by atoms with Crippen LogP contribution in [0.2, 0.25) is 0 Å². The zero-order valence-corrected chi connectivity index (χ0v) is 13.7. The standard InChI is InChI=1S/C19H23NO3/c1-3-8-15-16(9-4-2)18(20-17(15)12-21)19(22)23-13-14-10-6-5-7-11-14/h5-7,10-12,20H,3-4,8-9,13H2,1-2H3. The summed E-state index contributed by atoms with van der Waals surface area (Å²) in [4.78, 5) is 26.7. The third-order valence-corrected chi connectivity index (χ3v) is 3.79. The molecule has 122 valence electrons. The van der Waals surface area contributed by atoms with E-state index < -0.39 is 5.97 Å². The third kappa shape index (κ3) is 4.09. The van der Waals surface area contributed by atoms with Crippen molar-refractivity contribution in [2.75, 3.05) is 0 Å². The van der Waals surface area contributed by atoms with Crippen molar-refractivity contribution in [3.05, 3.63) is 58.4 Å². The zero-order chi connectivity index (χ0) is 16.7. The molecule has 1 N–H and O–H groups in total. The summed E-state index contributed by atoms with van der Waals surface area (Å²) in [6.07, 6.45) is 4.17. The predicted molar refractivity (Wildman–Crippen MR) is 89.7 cm³/mol. The van der Waals surface area contributed by atoms with Crippen LogP contribution in [0.1, 0.15) is 64.4 Å². The smallest absolute Gasteiger partial charge is 0.355 e. The van der Waals surface area contributed by atoms with Crippen LogP contribution in [0.4, 0.5) is 0 Å². The minimum atomic E-state index is -0.400. The Bertz CT molecular complexity index is 659. The number of aromatic nitrogens is 1. The van der Waals surface area contributed by atoms with Gasteiger partial charge in [-0.05, 0) is 29.5 Å². The van der Waals surface area contributed by atoms with Crippen molar-refractivity contribution in [1.82, 2.24) is 4.98 Å². The quantitative estimate of drug-likeness (QED) is 0.590. The van der Waals surface area contributed by atoms with Crippen molar-refractivity contribution in [3.8, 4) is 0 Å². The maximum atomic E-state index is 12.4. The number of benzene rings is 1. The Hall–Kier alpha value is -2.36. The second-order valence-corrected chi connectivity index (χ2v) is 5.55. The highest BCUT2D eigenvalue weighted by atomic mass is 16.5. The van der Waals surface area contributed by atoms with Gasteiger partial charge in [0.25, 0.3) is 0 Å². The zero-order valence-electron chi connectivity index (χ0n) is 13.7. The Kier molecular flexibility index (Phi) is 6.15. The van der Waals surface area contributed by atoms with E-state index in [-0.39, 0.29) is 6.61 Å². The number of H-pyrrole nitrogens is 1. The van der Waals surface area contributed by atoms with Crippen LogP contribution in [0.5, 0.6) is 0 Å². The number of carbonyl (C=O) groups is 2. The van der Waals surface area contributed by atoms with Crippen LogP contribution in [0.15, 0.2) is 30.3 Å². The highest BCUT2D eigenvalue weighted by molar-refractivity contribution is 5.92. The maximum Gasteiger partial charge on any atom is 0.355 e. The van der Waals surface area contributed by atoms with E-state index in [0.717, 1.165) is 48.7 Å². The Balaban J connectivity index is 2.22. The minimum Gasteiger partial charge on any atom is -0.456 e. The van der Waals surface area contributed by atoms with Crippen molar-refractivity contribution in [2.24, 2.45) is 0 Å². The number of carbonyl (C=O) groups excluding carboxylic acids is 2. The number of aromatic amines is 1. The average Bonchev–Trinajstić information content (AvgIpc) is 2.92. The molecule has 2 rings (SSSR count). The van der Waals surface area contributed by atoms with E-state index in [9.17, 15) is 9.59 Å². The number of hydrogen-bond acceptors (Lipinski definition) is 3. The lowest BCUT2D eigenvalue weighted by Gasteiger charge is -2.07. The maximum absolute atomic E-state index is 12.4. The second-order valence-electron chi connectivity index (χ2n) is 5.55. The van der Waals surface area contributed by atoms with Gasteiger partial charge in [-0.15, -0.1) is 0 Å². The number of hydrogen-bond donors (Lipinski definition) is 1. The van der Waals surface area contributed by atoms with Crippen molar-refractivity contribution < 1.29 is 14.3 Å². The summed E-state index contributed by atoms with van der Waals surface area (Å²) >= 11 is 0. The fourth-order valence-corrected chi connectivity index (χ4v) is 2.73. The molecule has 2 aromatic rings. The molecule has 0 radical (unpaired) electrons. The van der Waals surface area contributed by atoms with Crippen molar-refractivity contribution >= 4 is 12.3 Å². The van der Waals surface area contributed by atoms with Gasteiger partial charge in [0.2, 0.25) is 0 Å². The molecule has 4 heteroatoms. The number of nitrogens with one attached hydrogen (secondary N) is 1. The molecule has 0 aliphatic carbocycles. The molecule has 0 aliphatic heterocycles. The molecule has 0 bridgehead atoms. The van der Waals surface area contributed by atoms with Crippen molar-refractivity contribution in [1.29, 1.82) is 0 Å². The molecule has 1 aromatic heterocycles. The van der Waals surface area contributed by atoms with Crippen LogP contribution in [-0.2, 0) is 24.2 Å². The van der Waals surface area contributed by atoms with Gasteiger partial charge >= 0.3 is 5.97 Å². The first-order valence-electron chi connectivity index (χ1n) is 8.11. The van der Waals surface area contributed by atoms with E-state index in [0.29, 0.717) is 11.4 Å². The van der Waals surface area contributed by atoms with Gasteiger partial charge in [0.05, 0.1) is 5.69 Å². The van der Waals surface area contributed by atoms with Gasteiger partial charge in [-0.25, -0.2) is 4.79 Å². The number of esters is 1. The lowest BCUT2D eigenvalue weighted by molar-refractivity contribution is 0.0465. The van der Waals surface area contributed by atoms with Gasteiger partial charge in [-0.3, -0.25) is 4.79 Å². The fraction of sp³-hybridized carbons (Fsp3) is 0.368. The van der Waals surface area contributed by atoms with Crippen LogP contribution in [0.3, 0.4) is 0 Å². The predicted octanol–water partition coefficient (Wildman–Crippen LogP) is 4.09. The van der Waals surface area contributed by atoms with Crippen LogP contribution >= 0.6 is 0 Å². The van der Waals surface area contributed by atoms with Crippen molar-refractivity contribution in [3.63, 3.8) is 0 Å². The topological polar surface area (TPSA) is 59.2 Å². The molecule has 0 aliphatic rings. The first kappa shape index (κ1) is 17.0. The normalized spacial score (nSPS) is 10.5. The monoisotopic (exact) mass is 313 g/mol. The SMILES string of the molecule is CCCc1c(C=O)[nH]c(C(=O)OCc2ccccc2)c1CCC. The van der Waals surface area contributed by atoms with Gasteiger partial charge < -0.3 is 9.72 Å². The van der Waals surface area contributed by atoms with Crippen LogP contribution in [0.25, 0.3) is 0 Å². The van der Waals surface area contributed by atoms with E-state index in [1.54, 1.807) is 0 Å². The molecule has 4 nitrogen and oxygen atoms in total. The summed E-state index contributed by atoms with van der Waals surface area (Å²) in [5.74, 6) is -0.400. The summed E-state index contributed by atoms with van der Waals surface area (Å²) in [5.41, 5.74) is 3.75. The Morgan fingerprint density at radius 3 is 2.35 bits per heavy atom. The molecule has 23 heavy (non-hydrogen) atoms. The molecule has 0 amide bonds.